The Kier molecular flexibility index (Phi) is 6.64. The van der Waals surface area contributed by atoms with E-state index in [-0.39, 0.29) is 5.56 Å². The lowest BCUT2D eigenvalue weighted by Gasteiger charge is -2.37. The molecule has 11 heteroatoms. The lowest BCUT2D eigenvalue weighted by atomic mass is 9.99. The quantitative estimate of drug-likeness (QED) is 0.463. The molecule has 3 aromatic rings. The number of ether oxygens (including phenoxy) is 3. The Morgan fingerprint density at radius 1 is 1.12 bits per heavy atom. The second-order valence-electron chi connectivity index (χ2n) is 8.75. The smallest absolute Gasteiger partial charge is 0.252 e. The highest BCUT2D eigenvalue weighted by Crippen LogP contribution is 2.30. The first kappa shape index (κ1) is 22.6. The molecule has 10 nitrogen and oxygen atoms in total. The van der Waals surface area contributed by atoms with Gasteiger partial charge in [-0.1, -0.05) is 0 Å². The van der Waals surface area contributed by atoms with Gasteiger partial charge in [0.2, 0.25) is 5.88 Å². The summed E-state index contributed by atoms with van der Waals surface area (Å²) in [5.41, 5.74) is 2.17. The van der Waals surface area contributed by atoms with Crippen LogP contribution in [0.1, 0.15) is 18.5 Å². The van der Waals surface area contributed by atoms with E-state index in [2.05, 4.69) is 32.6 Å². The van der Waals surface area contributed by atoms with E-state index in [0.717, 1.165) is 56.2 Å². The van der Waals surface area contributed by atoms with Crippen molar-refractivity contribution in [1.82, 2.24) is 29.2 Å². The van der Waals surface area contributed by atoms with Gasteiger partial charge in [0.05, 0.1) is 25.2 Å². The molecule has 0 atom stereocenters. The van der Waals surface area contributed by atoms with Crippen LogP contribution in [0.3, 0.4) is 0 Å². The molecule has 5 rings (SSSR count). The maximum Gasteiger partial charge on any atom is 0.252 e. The van der Waals surface area contributed by atoms with Crippen LogP contribution in [0.25, 0.3) is 11.2 Å². The minimum atomic E-state index is -0.0726. The van der Waals surface area contributed by atoms with Crippen LogP contribution in [0, 0.1) is 0 Å². The fourth-order valence-corrected chi connectivity index (χ4v) is 4.63. The van der Waals surface area contributed by atoms with E-state index in [0.29, 0.717) is 42.8 Å². The van der Waals surface area contributed by atoms with Gasteiger partial charge in [0.15, 0.2) is 25.1 Å². The molecule has 0 unspecified atom stereocenters. The molecule has 1 saturated heterocycles. The molecule has 0 radical (unpaired) electrons. The van der Waals surface area contributed by atoms with Gasteiger partial charge in [-0.05, 0) is 32.0 Å². The van der Waals surface area contributed by atoms with Gasteiger partial charge in [0, 0.05) is 37.8 Å². The third kappa shape index (κ3) is 4.85. The van der Waals surface area contributed by atoms with E-state index in [1.807, 2.05) is 6.07 Å². The summed E-state index contributed by atoms with van der Waals surface area (Å²) in [7, 11) is 3.70. The normalized spacial score (nSPS) is 16.8. The number of piperidine rings is 1. The predicted molar refractivity (Wildman–Crippen MR) is 129 cm³/mol. The van der Waals surface area contributed by atoms with E-state index in [1.165, 1.54) is 0 Å². The molecule has 2 aliphatic rings. The number of nitrogens with zero attached hydrogens (tertiary/aromatic N) is 6. The molecular formula is C23H29BN6O4. The zero-order valence-electron chi connectivity index (χ0n) is 19.6. The van der Waals surface area contributed by atoms with E-state index in [4.69, 9.17) is 14.2 Å². The molecule has 1 fully saturated rings. The van der Waals surface area contributed by atoms with Crippen LogP contribution in [-0.4, -0.2) is 83.2 Å². The molecule has 178 valence electrons. The molecule has 0 spiro atoms. The summed E-state index contributed by atoms with van der Waals surface area (Å²) in [5.74, 6) is 1.91. The van der Waals surface area contributed by atoms with E-state index >= 15 is 0 Å². The van der Waals surface area contributed by atoms with E-state index < -0.39 is 0 Å². The van der Waals surface area contributed by atoms with Crippen molar-refractivity contribution < 1.29 is 14.2 Å². The van der Waals surface area contributed by atoms with Gasteiger partial charge >= 0.3 is 0 Å². The highest BCUT2D eigenvalue weighted by molar-refractivity contribution is 6.04. The van der Waals surface area contributed by atoms with E-state index in [1.54, 1.807) is 36.2 Å². The summed E-state index contributed by atoms with van der Waals surface area (Å²) in [6.45, 7) is 5.25. The number of methoxy groups -OCH3 is 1. The van der Waals surface area contributed by atoms with Gasteiger partial charge in [-0.2, -0.15) is 4.98 Å². The van der Waals surface area contributed by atoms with Crippen LogP contribution in [0.2, 0.25) is 0 Å². The van der Waals surface area contributed by atoms with Crippen molar-refractivity contribution in [3.8, 4) is 17.4 Å². The van der Waals surface area contributed by atoms with Crippen molar-refractivity contribution in [2.24, 2.45) is 0 Å². The number of aromatic nitrogens is 4. The Hall–Kier alpha value is -3.18. The van der Waals surface area contributed by atoms with Crippen LogP contribution in [0.4, 0.5) is 0 Å². The largest absolute Gasteiger partial charge is 0.486 e. The van der Waals surface area contributed by atoms with Crippen molar-refractivity contribution >= 4 is 19.1 Å². The number of rotatable bonds is 7. The Labute approximate surface area is 198 Å². The number of likely N-dealkylation sites (tertiary alicyclic amines) is 1. The van der Waals surface area contributed by atoms with Crippen molar-refractivity contribution in [1.29, 1.82) is 0 Å². The summed E-state index contributed by atoms with van der Waals surface area (Å²) in [6.07, 6.45) is 5.46. The van der Waals surface area contributed by atoms with Crippen LogP contribution in [0.15, 0.2) is 35.4 Å². The molecule has 0 amide bonds. The van der Waals surface area contributed by atoms with Gasteiger partial charge in [-0.25, -0.2) is 4.98 Å². The monoisotopic (exact) mass is 464 g/mol. The Morgan fingerprint density at radius 2 is 1.91 bits per heavy atom. The van der Waals surface area contributed by atoms with E-state index in [9.17, 15) is 4.79 Å². The summed E-state index contributed by atoms with van der Waals surface area (Å²) < 4.78 is 18.1. The first-order chi connectivity index (χ1) is 16.6. The lowest BCUT2D eigenvalue weighted by Crippen LogP contribution is -2.44. The highest BCUT2D eigenvalue weighted by atomic mass is 16.6. The van der Waals surface area contributed by atoms with Gasteiger partial charge in [0.1, 0.15) is 18.7 Å². The number of hydrogen-bond acceptors (Lipinski definition) is 9. The summed E-state index contributed by atoms with van der Waals surface area (Å²) in [6, 6.07) is 5.73. The number of hydrogen-bond donors (Lipinski definition) is 0. The Morgan fingerprint density at radius 3 is 2.71 bits per heavy atom. The van der Waals surface area contributed by atoms with Crippen LogP contribution >= 0.6 is 0 Å². The van der Waals surface area contributed by atoms with Gasteiger partial charge in [-0.3, -0.25) is 14.3 Å². The Balaban J connectivity index is 1.16. The maximum atomic E-state index is 12.5. The topological polar surface area (TPSA) is 94.8 Å². The Bertz CT molecular complexity index is 1210. The zero-order chi connectivity index (χ0) is 23.5. The second kappa shape index (κ2) is 9.98. The molecule has 0 saturated carbocycles. The number of pyridine rings is 2. The first-order valence-corrected chi connectivity index (χ1v) is 11.7. The molecule has 3 aromatic heterocycles. The van der Waals surface area contributed by atoms with Crippen LogP contribution in [-0.2, 0) is 13.1 Å². The molecule has 2 aliphatic heterocycles. The first-order valence-electron chi connectivity index (χ1n) is 11.7. The van der Waals surface area contributed by atoms with Crippen molar-refractivity contribution in [3.05, 3.63) is 46.6 Å². The van der Waals surface area contributed by atoms with Gasteiger partial charge in [0.25, 0.3) is 5.56 Å². The lowest BCUT2D eigenvalue weighted by molar-refractivity contribution is 0.152. The molecule has 0 aliphatic carbocycles. The van der Waals surface area contributed by atoms with Crippen molar-refractivity contribution in [2.75, 3.05) is 40.0 Å². The fourth-order valence-electron chi connectivity index (χ4n) is 4.63. The number of fused-ring (bicyclic) bond motifs is 2. The molecule has 5 heterocycles. The second-order valence-corrected chi connectivity index (χ2v) is 8.75. The maximum absolute atomic E-state index is 12.5. The molecule has 0 N–H and O–H groups in total. The van der Waals surface area contributed by atoms with Crippen molar-refractivity contribution in [3.63, 3.8) is 0 Å². The van der Waals surface area contributed by atoms with Gasteiger partial charge in [-0.15, -0.1) is 0 Å². The summed E-state index contributed by atoms with van der Waals surface area (Å²) in [4.78, 5) is 30.6. The predicted octanol–water partition coefficient (Wildman–Crippen LogP) is 0.481. The van der Waals surface area contributed by atoms with Crippen LogP contribution in [0.5, 0.6) is 17.4 Å². The minimum absolute atomic E-state index is 0.0726. The summed E-state index contributed by atoms with van der Waals surface area (Å²) >= 11 is 0. The van der Waals surface area contributed by atoms with Gasteiger partial charge < -0.3 is 23.9 Å². The molecule has 34 heavy (non-hydrogen) atoms. The SMILES string of the molecule is BN(Cc1cc2c(cn1)OCCO2)C1CCN(CCn2c(=O)ccc3ncc(OC)nc32)CC1. The molecule has 0 bridgehead atoms. The zero-order valence-corrected chi connectivity index (χ0v) is 19.6. The average molecular weight is 464 g/mol. The standard InChI is InChI=1S/C23H29BN6O4/c1-32-21-14-26-18-2-3-22(31)29(23(18)27-21)9-8-28-6-4-17(5-7-28)30(24)15-16-12-19-20(13-25-16)34-11-10-33-19/h2-3,12-14,17H,4-11,15,24H2,1H3. The molecule has 0 aromatic carbocycles. The highest BCUT2D eigenvalue weighted by Gasteiger charge is 2.23. The van der Waals surface area contributed by atoms with Crippen molar-refractivity contribution in [2.45, 2.75) is 32.0 Å². The minimum Gasteiger partial charge on any atom is -0.486 e. The third-order valence-corrected chi connectivity index (χ3v) is 6.59. The third-order valence-electron chi connectivity index (χ3n) is 6.59. The molecular weight excluding hydrogens is 435 g/mol. The van der Waals surface area contributed by atoms with Crippen LogP contribution < -0.4 is 19.8 Å². The average Bonchev–Trinajstić information content (AvgIpc) is 2.88. The summed E-state index contributed by atoms with van der Waals surface area (Å²) in [5, 5.41) is 0. The fraction of sp³-hybridized carbons (Fsp3) is 0.478.